The fraction of sp³-hybridized carbons (Fsp3) is 0.462. The van der Waals surface area contributed by atoms with Crippen LogP contribution in [-0.2, 0) is 4.79 Å². The lowest BCUT2D eigenvalue weighted by Crippen LogP contribution is -2.44. The molecule has 2 rings (SSSR count). The van der Waals surface area contributed by atoms with Crippen LogP contribution in [0.25, 0.3) is 0 Å². The van der Waals surface area contributed by atoms with Crippen LogP contribution in [0.5, 0.6) is 17.2 Å². The van der Waals surface area contributed by atoms with Gasteiger partial charge in [-0.3, -0.25) is 4.79 Å². The van der Waals surface area contributed by atoms with Crippen molar-refractivity contribution in [3.63, 3.8) is 0 Å². The first-order valence-electron chi connectivity index (χ1n) is 6.14. The molecular weight excluding hydrogens is 250 g/mol. The zero-order valence-corrected chi connectivity index (χ0v) is 10.6. The molecular formula is C13H17NO5. The number of amides is 1. The highest BCUT2D eigenvalue weighted by atomic mass is 16.6. The van der Waals surface area contributed by atoms with E-state index in [4.69, 9.17) is 14.6 Å². The van der Waals surface area contributed by atoms with E-state index in [1.165, 1.54) is 12.1 Å². The Morgan fingerprint density at radius 2 is 2.32 bits per heavy atom. The quantitative estimate of drug-likeness (QED) is 0.736. The Bertz CT molecular complexity index is 460. The van der Waals surface area contributed by atoms with E-state index in [0.717, 1.165) is 0 Å². The molecule has 0 fully saturated rings. The summed E-state index contributed by atoms with van der Waals surface area (Å²) in [6.07, 6.45) is -0.721. The molecule has 3 N–H and O–H groups in total. The summed E-state index contributed by atoms with van der Waals surface area (Å²) in [6.45, 7) is 2.16. The van der Waals surface area contributed by atoms with Crippen LogP contribution < -0.4 is 14.8 Å². The number of phenolic OH excluding ortho intramolecular Hbond substituents is 1. The second kappa shape index (κ2) is 5.79. The van der Waals surface area contributed by atoms with E-state index in [2.05, 4.69) is 5.32 Å². The van der Waals surface area contributed by atoms with Gasteiger partial charge in [0.2, 0.25) is 6.10 Å². The number of ether oxygens (including phenoxy) is 2. The maximum Gasteiger partial charge on any atom is 0.264 e. The number of aromatic hydroxyl groups is 1. The normalized spacial score (nSPS) is 18.7. The number of carbonyl (C=O) groups is 1. The summed E-state index contributed by atoms with van der Waals surface area (Å²) in [6, 6.07) is 4.49. The summed E-state index contributed by atoms with van der Waals surface area (Å²) in [5, 5.41) is 21.1. The van der Waals surface area contributed by atoms with Crippen LogP contribution in [0.1, 0.15) is 13.3 Å². The molecule has 1 unspecified atom stereocenters. The molecule has 6 nitrogen and oxygen atoms in total. The third-order valence-electron chi connectivity index (χ3n) is 2.74. The molecule has 0 saturated heterocycles. The van der Waals surface area contributed by atoms with Crippen molar-refractivity contribution in [1.82, 2.24) is 5.32 Å². The number of nitrogens with one attached hydrogen (secondary N) is 1. The van der Waals surface area contributed by atoms with Crippen molar-refractivity contribution in [2.24, 2.45) is 0 Å². The molecule has 1 aliphatic heterocycles. The maximum absolute atomic E-state index is 11.8. The Morgan fingerprint density at radius 3 is 3.05 bits per heavy atom. The van der Waals surface area contributed by atoms with Crippen molar-refractivity contribution < 1.29 is 24.5 Å². The van der Waals surface area contributed by atoms with Gasteiger partial charge in [0, 0.05) is 12.6 Å². The fourth-order valence-electron chi connectivity index (χ4n) is 1.71. The topological polar surface area (TPSA) is 88.0 Å². The number of carbonyl (C=O) groups excluding carboxylic acids is 1. The molecule has 0 aliphatic carbocycles. The van der Waals surface area contributed by atoms with Crippen molar-refractivity contribution in [3.05, 3.63) is 18.2 Å². The van der Waals surface area contributed by atoms with E-state index in [9.17, 15) is 9.90 Å². The molecule has 0 spiro atoms. The van der Waals surface area contributed by atoms with Crippen molar-refractivity contribution in [2.45, 2.75) is 25.6 Å². The van der Waals surface area contributed by atoms with E-state index in [-0.39, 0.29) is 18.3 Å². The largest absolute Gasteiger partial charge is 0.508 e. The first-order valence-corrected chi connectivity index (χ1v) is 6.14. The molecule has 0 radical (unpaired) electrons. The van der Waals surface area contributed by atoms with Gasteiger partial charge in [0.1, 0.15) is 12.4 Å². The van der Waals surface area contributed by atoms with Gasteiger partial charge in [0.05, 0.1) is 6.10 Å². The van der Waals surface area contributed by atoms with E-state index >= 15 is 0 Å². The van der Waals surface area contributed by atoms with Gasteiger partial charge < -0.3 is 25.0 Å². The molecule has 19 heavy (non-hydrogen) atoms. The lowest BCUT2D eigenvalue weighted by Gasteiger charge is -2.25. The Balaban J connectivity index is 1.92. The SMILES string of the molecule is C[C@H](O)CCNC(=O)C1COc2ccc(O)cc2O1. The zero-order chi connectivity index (χ0) is 13.8. The average Bonchev–Trinajstić information content (AvgIpc) is 2.37. The molecule has 6 heteroatoms. The predicted molar refractivity (Wildman–Crippen MR) is 67.3 cm³/mol. The number of phenols is 1. The second-order valence-corrected chi connectivity index (χ2v) is 4.48. The van der Waals surface area contributed by atoms with Crippen LogP contribution in [0.3, 0.4) is 0 Å². The Morgan fingerprint density at radius 1 is 1.53 bits per heavy atom. The molecule has 104 valence electrons. The van der Waals surface area contributed by atoms with Crippen molar-refractivity contribution in [2.75, 3.05) is 13.2 Å². The van der Waals surface area contributed by atoms with E-state index in [0.29, 0.717) is 24.5 Å². The summed E-state index contributed by atoms with van der Waals surface area (Å²) < 4.78 is 10.9. The Kier molecular flexibility index (Phi) is 4.11. The van der Waals surface area contributed by atoms with Gasteiger partial charge >= 0.3 is 0 Å². The smallest absolute Gasteiger partial charge is 0.264 e. The van der Waals surface area contributed by atoms with Crippen LogP contribution in [0.2, 0.25) is 0 Å². The van der Waals surface area contributed by atoms with Crippen LogP contribution in [0.4, 0.5) is 0 Å². The first-order chi connectivity index (χ1) is 9.06. The summed E-state index contributed by atoms with van der Waals surface area (Å²) >= 11 is 0. The van der Waals surface area contributed by atoms with E-state index in [1.54, 1.807) is 13.0 Å². The highest BCUT2D eigenvalue weighted by Crippen LogP contribution is 2.34. The minimum atomic E-state index is -0.747. The number of fused-ring (bicyclic) bond motifs is 1. The van der Waals surface area contributed by atoms with Gasteiger partial charge in [0.15, 0.2) is 11.5 Å². The minimum Gasteiger partial charge on any atom is -0.508 e. The number of benzene rings is 1. The number of aliphatic hydroxyl groups is 1. The second-order valence-electron chi connectivity index (χ2n) is 4.48. The highest BCUT2D eigenvalue weighted by Gasteiger charge is 2.27. The van der Waals surface area contributed by atoms with Gasteiger partial charge in [-0.25, -0.2) is 0 Å². The molecule has 0 saturated carbocycles. The molecule has 1 aromatic carbocycles. The van der Waals surface area contributed by atoms with E-state index < -0.39 is 12.2 Å². The summed E-state index contributed by atoms with van der Waals surface area (Å²) in [7, 11) is 0. The van der Waals surface area contributed by atoms with Gasteiger partial charge in [-0.1, -0.05) is 0 Å². The molecule has 2 atom stereocenters. The third kappa shape index (κ3) is 3.51. The molecule has 1 amide bonds. The van der Waals surface area contributed by atoms with Gasteiger partial charge in [0.25, 0.3) is 5.91 Å². The first kappa shape index (κ1) is 13.5. The van der Waals surface area contributed by atoms with Crippen LogP contribution in [-0.4, -0.2) is 41.5 Å². The third-order valence-corrected chi connectivity index (χ3v) is 2.74. The summed E-state index contributed by atoms with van der Waals surface area (Å²) in [5.74, 6) is 0.611. The van der Waals surface area contributed by atoms with Crippen LogP contribution in [0.15, 0.2) is 18.2 Å². The van der Waals surface area contributed by atoms with Crippen molar-refractivity contribution >= 4 is 5.91 Å². The van der Waals surface area contributed by atoms with Crippen LogP contribution in [0, 0.1) is 0 Å². The summed E-state index contributed by atoms with van der Waals surface area (Å²) in [4.78, 5) is 11.8. The number of hydrogen-bond donors (Lipinski definition) is 3. The van der Waals surface area contributed by atoms with Crippen LogP contribution >= 0.6 is 0 Å². The van der Waals surface area contributed by atoms with Crippen molar-refractivity contribution in [3.8, 4) is 17.2 Å². The molecule has 0 bridgehead atoms. The standard InChI is InChI=1S/C13H17NO5/c1-8(15)4-5-14-13(17)12-7-18-10-3-2-9(16)6-11(10)19-12/h2-3,6,8,12,15-16H,4-5,7H2,1H3,(H,14,17)/t8-,12?/m0/s1. The highest BCUT2D eigenvalue weighted by molar-refractivity contribution is 5.81. The van der Waals surface area contributed by atoms with Crippen molar-refractivity contribution in [1.29, 1.82) is 0 Å². The maximum atomic E-state index is 11.8. The fourth-order valence-corrected chi connectivity index (χ4v) is 1.71. The number of hydrogen-bond acceptors (Lipinski definition) is 5. The lowest BCUT2D eigenvalue weighted by molar-refractivity contribution is -0.130. The monoisotopic (exact) mass is 267 g/mol. The number of aliphatic hydroxyl groups excluding tert-OH is 1. The lowest BCUT2D eigenvalue weighted by atomic mass is 10.2. The Labute approximate surface area is 111 Å². The van der Waals surface area contributed by atoms with Gasteiger partial charge in [-0.2, -0.15) is 0 Å². The molecule has 1 aliphatic rings. The molecule has 1 aromatic rings. The summed E-state index contributed by atoms with van der Waals surface area (Å²) in [5.41, 5.74) is 0. The Hall–Kier alpha value is -1.95. The number of rotatable bonds is 4. The van der Waals surface area contributed by atoms with Gasteiger partial charge in [-0.15, -0.1) is 0 Å². The van der Waals surface area contributed by atoms with E-state index in [1.807, 2.05) is 0 Å². The minimum absolute atomic E-state index is 0.0533. The van der Waals surface area contributed by atoms with Gasteiger partial charge in [-0.05, 0) is 25.5 Å². The predicted octanol–water partition coefficient (Wildman–Crippen LogP) is 0.419. The molecule has 1 heterocycles. The zero-order valence-electron chi connectivity index (χ0n) is 10.6. The molecule has 0 aromatic heterocycles. The average molecular weight is 267 g/mol.